The Morgan fingerprint density at radius 1 is 1.07 bits per heavy atom. The molecule has 0 radical (unpaired) electrons. The van der Waals surface area contributed by atoms with Crippen molar-refractivity contribution in [3.05, 3.63) is 70.0 Å². The fourth-order valence-electron chi connectivity index (χ4n) is 2.76. The van der Waals surface area contributed by atoms with Gasteiger partial charge in [0.15, 0.2) is 22.6 Å². The molecule has 0 saturated carbocycles. The first kappa shape index (κ1) is 19.2. The molecule has 3 rings (SSSR count). The van der Waals surface area contributed by atoms with E-state index in [9.17, 15) is 18.4 Å². The quantitative estimate of drug-likeness (QED) is 0.364. The fourth-order valence-corrected chi connectivity index (χ4v) is 3.88. The first-order valence-corrected chi connectivity index (χ1v) is 9.34. The number of aromatic nitrogens is 2. The summed E-state index contributed by atoms with van der Waals surface area (Å²) in [4.78, 5) is 30.0. The SMILES string of the molecule is CC(C)n1c(S[C@@H](C)C(=O)c2ccc(F)c(F)c2)nc2ccccc2c1=O. The van der Waals surface area contributed by atoms with Gasteiger partial charge in [-0.05, 0) is 51.1 Å². The van der Waals surface area contributed by atoms with E-state index in [0.717, 1.165) is 23.9 Å². The largest absolute Gasteiger partial charge is 0.293 e. The minimum atomic E-state index is -1.07. The molecular formula is C20H18F2N2O2S. The monoisotopic (exact) mass is 388 g/mol. The summed E-state index contributed by atoms with van der Waals surface area (Å²) in [6, 6.07) is 9.94. The van der Waals surface area contributed by atoms with E-state index in [1.165, 1.54) is 6.07 Å². The van der Waals surface area contributed by atoms with Crippen LogP contribution in [0.1, 0.15) is 37.2 Å². The van der Waals surface area contributed by atoms with Crippen LogP contribution in [0.3, 0.4) is 0 Å². The van der Waals surface area contributed by atoms with Crippen LogP contribution >= 0.6 is 11.8 Å². The van der Waals surface area contributed by atoms with Crippen LogP contribution in [0.15, 0.2) is 52.4 Å². The first-order valence-electron chi connectivity index (χ1n) is 8.46. The Hall–Kier alpha value is -2.54. The second-order valence-electron chi connectivity index (χ2n) is 6.43. The Morgan fingerprint density at radius 2 is 1.78 bits per heavy atom. The van der Waals surface area contributed by atoms with Crippen LogP contribution in [0.5, 0.6) is 0 Å². The number of rotatable bonds is 5. The molecule has 0 aliphatic heterocycles. The number of carbonyl (C=O) groups is 1. The highest BCUT2D eigenvalue weighted by Gasteiger charge is 2.22. The molecule has 0 spiro atoms. The Bertz CT molecular complexity index is 1080. The minimum Gasteiger partial charge on any atom is -0.293 e. The van der Waals surface area contributed by atoms with Crippen molar-refractivity contribution < 1.29 is 13.6 Å². The van der Waals surface area contributed by atoms with Gasteiger partial charge in [-0.15, -0.1) is 0 Å². The van der Waals surface area contributed by atoms with Crippen molar-refractivity contribution in [2.24, 2.45) is 0 Å². The van der Waals surface area contributed by atoms with Crippen LogP contribution in [0, 0.1) is 11.6 Å². The van der Waals surface area contributed by atoms with E-state index in [1.807, 2.05) is 13.8 Å². The molecule has 4 nitrogen and oxygen atoms in total. The highest BCUT2D eigenvalue weighted by Crippen LogP contribution is 2.27. The van der Waals surface area contributed by atoms with Crippen LogP contribution in [0.2, 0.25) is 0 Å². The maximum absolute atomic E-state index is 13.4. The zero-order valence-electron chi connectivity index (χ0n) is 15.1. The predicted octanol–water partition coefficient (Wildman–Crippen LogP) is 4.62. The Morgan fingerprint density at radius 3 is 2.44 bits per heavy atom. The van der Waals surface area contributed by atoms with Gasteiger partial charge in [-0.3, -0.25) is 14.2 Å². The summed E-state index contributed by atoms with van der Waals surface area (Å²) in [5, 5.41) is 0.292. The van der Waals surface area contributed by atoms with Gasteiger partial charge in [0.1, 0.15) is 0 Å². The molecule has 1 heterocycles. The van der Waals surface area contributed by atoms with E-state index < -0.39 is 16.9 Å². The fraction of sp³-hybridized carbons (Fsp3) is 0.250. The molecule has 2 aromatic carbocycles. The van der Waals surface area contributed by atoms with E-state index in [4.69, 9.17) is 0 Å². The van der Waals surface area contributed by atoms with Crippen molar-refractivity contribution in [3.8, 4) is 0 Å². The van der Waals surface area contributed by atoms with Gasteiger partial charge < -0.3 is 0 Å². The van der Waals surface area contributed by atoms with E-state index in [-0.39, 0.29) is 22.9 Å². The highest BCUT2D eigenvalue weighted by molar-refractivity contribution is 8.00. The molecule has 140 valence electrons. The summed E-state index contributed by atoms with van der Waals surface area (Å²) in [6.07, 6.45) is 0. The van der Waals surface area contributed by atoms with Crippen molar-refractivity contribution in [3.63, 3.8) is 0 Å². The van der Waals surface area contributed by atoms with Gasteiger partial charge in [0, 0.05) is 11.6 Å². The number of thioether (sulfide) groups is 1. The smallest absolute Gasteiger partial charge is 0.262 e. The third-order valence-corrected chi connectivity index (χ3v) is 5.21. The number of Topliss-reactive ketones (excluding diaryl/α,β-unsaturated/α-hetero) is 1. The van der Waals surface area contributed by atoms with E-state index in [2.05, 4.69) is 4.98 Å². The van der Waals surface area contributed by atoms with Crippen molar-refractivity contribution in [2.75, 3.05) is 0 Å². The van der Waals surface area contributed by atoms with E-state index >= 15 is 0 Å². The molecule has 0 saturated heterocycles. The van der Waals surface area contributed by atoms with Gasteiger partial charge in [0.05, 0.1) is 16.2 Å². The number of fused-ring (bicyclic) bond motifs is 1. The summed E-state index contributed by atoms with van der Waals surface area (Å²) in [5.41, 5.74) is 0.452. The van der Waals surface area contributed by atoms with Crippen molar-refractivity contribution >= 4 is 28.4 Å². The molecule has 0 aliphatic carbocycles. The van der Waals surface area contributed by atoms with Crippen molar-refractivity contribution in [1.29, 1.82) is 0 Å². The van der Waals surface area contributed by atoms with Crippen molar-refractivity contribution in [1.82, 2.24) is 9.55 Å². The molecule has 0 bridgehead atoms. The molecule has 7 heteroatoms. The van der Waals surface area contributed by atoms with Crippen LogP contribution in [-0.2, 0) is 0 Å². The maximum atomic E-state index is 13.4. The Labute approximate surface area is 159 Å². The molecule has 0 N–H and O–H groups in total. The third kappa shape index (κ3) is 3.78. The van der Waals surface area contributed by atoms with Crippen LogP contribution in [0.25, 0.3) is 10.9 Å². The van der Waals surface area contributed by atoms with Gasteiger partial charge in [0.25, 0.3) is 5.56 Å². The average molecular weight is 388 g/mol. The number of hydrogen-bond donors (Lipinski definition) is 0. The lowest BCUT2D eigenvalue weighted by molar-refractivity contribution is 0.0993. The van der Waals surface area contributed by atoms with Gasteiger partial charge in [-0.1, -0.05) is 23.9 Å². The first-order chi connectivity index (χ1) is 12.8. The molecule has 0 fully saturated rings. The third-order valence-electron chi connectivity index (χ3n) is 4.15. The number of carbonyl (C=O) groups excluding carboxylic acids is 1. The standard InChI is InChI=1S/C20H18F2N2O2S/c1-11(2)24-19(26)14-6-4-5-7-17(14)23-20(24)27-12(3)18(25)13-8-9-15(21)16(22)10-13/h4-12H,1-3H3/t12-/m0/s1. The Balaban J connectivity index is 1.99. The summed E-state index contributed by atoms with van der Waals surface area (Å²) < 4.78 is 28.1. The summed E-state index contributed by atoms with van der Waals surface area (Å²) in [5.74, 6) is -2.44. The number of benzene rings is 2. The lowest BCUT2D eigenvalue weighted by atomic mass is 10.1. The van der Waals surface area contributed by atoms with Crippen molar-refractivity contribution in [2.45, 2.75) is 37.2 Å². The second kappa shape index (κ2) is 7.60. The van der Waals surface area contributed by atoms with E-state index in [0.29, 0.717) is 16.1 Å². The zero-order valence-corrected chi connectivity index (χ0v) is 15.9. The van der Waals surface area contributed by atoms with E-state index in [1.54, 1.807) is 35.8 Å². The van der Waals surface area contributed by atoms with Crippen LogP contribution in [-0.4, -0.2) is 20.6 Å². The molecule has 27 heavy (non-hydrogen) atoms. The van der Waals surface area contributed by atoms with Gasteiger partial charge in [-0.25, -0.2) is 13.8 Å². The molecule has 0 aliphatic rings. The number of nitrogens with zero attached hydrogens (tertiary/aromatic N) is 2. The zero-order chi connectivity index (χ0) is 19.7. The topological polar surface area (TPSA) is 52.0 Å². The Kier molecular flexibility index (Phi) is 5.41. The molecule has 0 unspecified atom stereocenters. The molecular weight excluding hydrogens is 370 g/mol. The van der Waals surface area contributed by atoms with Crippen LogP contribution in [0.4, 0.5) is 8.78 Å². The lowest BCUT2D eigenvalue weighted by Crippen LogP contribution is -2.26. The molecule has 0 amide bonds. The minimum absolute atomic E-state index is 0.0770. The number of para-hydroxylation sites is 1. The van der Waals surface area contributed by atoms with Gasteiger partial charge in [-0.2, -0.15) is 0 Å². The molecule has 1 atom stereocenters. The summed E-state index contributed by atoms with van der Waals surface area (Å²) in [6.45, 7) is 5.38. The second-order valence-corrected chi connectivity index (χ2v) is 7.74. The highest BCUT2D eigenvalue weighted by atomic mass is 32.2. The molecule has 3 aromatic rings. The predicted molar refractivity (Wildman–Crippen MR) is 102 cm³/mol. The van der Waals surface area contributed by atoms with Gasteiger partial charge in [0.2, 0.25) is 0 Å². The average Bonchev–Trinajstić information content (AvgIpc) is 2.63. The molecule has 1 aromatic heterocycles. The maximum Gasteiger partial charge on any atom is 0.262 e. The number of ketones is 1. The normalized spacial score (nSPS) is 12.5. The summed E-state index contributed by atoms with van der Waals surface area (Å²) >= 11 is 1.13. The lowest BCUT2D eigenvalue weighted by Gasteiger charge is -2.18. The van der Waals surface area contributed by atoms with Gasteiger partial charge >= 0.3 is 0 Å². The number of halogens is 2. The van der Waals surface area contributed by atoms with Crippen LogP contribution < -0.4 is 5.56 Å². The number of hydrogen-bond acceptors (Lipinski definition) is 4. The summed E-state index contributed by atoms with van der Waals surface area (Å²) in [7, 11) is 0.